The molecule has 1 aromatic heterocycles. The van der Waals surface area contributed by atoms with Crippen molar-refractivity contribution in [1.82, 2.24) is 4.90 Å². The maximum atomic E-state index is 12.8. The van der Waals surface area contributed by atoms with Gasteiger partial charge in [0.1, 0.15) is 5.58 Å². The fraction of sp³-hybridized carbons (Fsp3) is 0.259. The Bertz CT molecular complexity index is 1310. The maximum Gasteiger partial charge on any atom is 0.228 e. The fourth-order valence-corrected chi connectivity index (χ4v) is 4.77. The summed E-state index contributed by atoms with van der Waals surface area (Å²) in [6.07, 6.45) is 3.78. The molecule has 0 aliphatic carbocycles. The molecule has 1 saturated heterocycles. The van der Waals surface area contributed by atoms with Crippen molar-refractivity contribution in [2.45, 2.75) is 25.8 Å². The number of amides is 2. The van der Waals surface area contributed by atoms with E-state index in [1.807, 2.05) is 48.5 Å². The second kappa shape index (κ2) is 9.08. The zero-order chi connectivity index (χ0) is 22.8. The quantitative estimate of drug-likeness (QED) is 0.462. The first-order valence-corrected chi connectivity index (χ1v) is 11.3. The molecule has 4 aromatic rings. The molecule has 1 atom stereocenters. The van der Waals surface area contributed by atoms with Crippen molar-refractivity contribution in [1.29, 1.82) is 0 Å². The molecule has 168 valence electrons. The monoisotopic (exact) mass is 441 g/mol. The molecule has 1 unspecified atom stereocenters. The van der Waals surface area contributed by atoms with Crippen LogP contribution in [-0.2, 0) is 22.6 Å². The number of anilines is 1. The van der Waals surface area contributed by atoms with Gasteiger partial charge in [-0.25, -0.2) is 0 Å². The number of hydrogen-bond acceptors (Lipinski definition) is 4. The van der Waals surface area contributed by atoms with E-state index < -0.39 is 0 Å². The Morgan fingerprint density at radius 1 is 1.06 bits per heavy atom. The zero-order valence-corrected chi connectivity index (χ0v) is 18.4. The summed E-state index contributed by atoms with van der Waals surface area (Å²) in [5.41, 5.74) is 9.06. The third-order valence-corrected chi connectivity index (χ3v) is 6.44. The summed E-state index contributed by atoms with van der Waals surface area (Å²) in [6.45, 7) is 2.45. The third kappa shape index (κ3) is 4.61. The largest absolute Gasteiger partial charge is 0.464 e. The van der Waals surface area contributed by atoms with E-state index in [-0.39, 0.29) is 24.2 Å². The summed E-state index contributed by atoms with van der Waals surface area (Å²) in [7, 11) is 0. The van der Waals surface area contributed by atoms with Crippen LogP contribution in [0.1, 0.15) is 24.0 Å². The van der Waals surface area contributed by atoms with Crippen LogP contribution in [0.5, 0.6) is 0 Å². The number of carbonyl (C=O) groups excluding carboxylic acids is 2. The Labute approximate surface area is 192 Å². The van der Waals surface area contributed by atoms with Crippen molar-refractivity contribution >= 4 is 39.2 Å². The number of benzene rings is 3. The second-order valence-electron chi connectivity index (χ2n) is 8.82. The molecule has 2 heterocycles. The molecule has 1 aliphatic heterocycles. The summed E-state index contributed by atoms with van der Waals surface area (Å²) < 4.78 is 5.70. The van der Waals surface area contributed by atoms with Crippen molar-refractivity contribution < 1.29 is 14.0 Å². The van der Waals surface area contributed by atoms with Crippen molar-refractivity contribution in [2.75, 3.05) is 18.4 Å². The summed E-state index contributed by atoms with van der Waals surface area (Å²) in [5.74, 6) is -0.358. The number of nitrogens with one attached hydrogen (secondary N) is 1. The molecule has 33 heavy (non-hydrogen) atoms. The molecule has 1 fully saturated rings. The number of fused-ring (bicyclic) bond motifs is 3. The first-order valence-electron chi connectivity index (χ1n) is 11.3. The summed E-state index contributed by atoms with van der Waals surface area (Å²) in [4.78, 5) is 26.5. The van der Waals surface area contributed by atoms with Crippen molar-refractivity contribution in [2.24, 2.45) is 11.7 Å². The number of rotatable bonds is 6. The number of carbonyl (C=O) groups is 2. The topological polar surface area (TPSA) is 88.6 Å². The lowest BCUT2D eigenvalue weighted by Crippen LogP contribution is -2.40. The van der Waals surface area contributed by atoms with Gasteiger partial charge < -0.3 is 15.5 Å². The predicted octanol–water partition coefficient (Wildman–Crippen LogP) is 4.46. The fourth-order valence-electron chi connectivity index (χ4n) is 4.77. The van der Waals surface area contributed by atoms with Gasteiger partial charge in [-0.2, -0.15) is 0 Å². The minimum absolute atomic E-state index is 0.0616. The average molecular weight is 442 g/mol. The third-order valence-electron chi connectivity index (χ3n) is 6.44. The summed E-state index contributed by atoms with van der Waals surface area (Å²) in [6, 6.07) is 20.0. The molecule has 3 N–H and O–H groups in total. The summed E-state index contributed by atoms with van der Waals surface area (Å²) >= 11 is 0. The normalized spacial score (nSPS) is 16.8. The zero-order valence-electron chi connectivity index (χ0n) is 18.4. The molecule has 5 rings (SSSR count). The number of likely N-dealkylation sites (tertiary alicyclic amines) is 1. The lowest BCUT2D eigenvalue weighted by Gasteiger charge is -2.31. The molecule has 3 aromatic carbocycles. The number of furan rings is 1. The molecule has 6 heteroatoms. The van der Waals surface area contributed by atoms with Crippen LogP contribution < -0.4 is 11.1 Å². The van der Waals surface area contributed by atoms with Crippen molar-refractivity contribution in [3.05, 3.63) is 78.1 Å². The van der Waals surface area contributed by atoms with E-state index in [1.165, 1.54) is 0 Å². The number of nitrogens with zero attached hydrogens (tertiary/aromatic N) is 1. The van der Waals surface area contributed by atoms with Gasteiger partial charge in [0.05, 0.1) is 18.6 Å². The van der Waals surface area contributed by atoms with Gasteiger partial charge in [0.2, 0.25) is 11.8 Å². The van der Waals surface area contributed by atoms with Gasteiger partial charge in [0, 0.05) is 29.7 Å². The van der Waals surface area contributed by atoms with Gasteiger partial charge in [0.25, 0.3) is 0 Å². The van der Waals surface area contributed by atoms with Gasteiger partial charge in [-0.05, 0) is 53.9 Å². The maximum absolute atomic E-state index is 12.8. The highest BCUT2D eigenvalue weighted by molar-refractivity contribution is 6.09. The smallest absolute Gasteiger partial charge is 0.228 e. The Balaban J connectivity index is 1.24. The second-order valence-corrected chi connectivity index (χ2v) is 8.82. The highest BCUT2D eigenvalue weighted by Gasteiger charge is 2.23. The first kappa shape index (κ1) is 21.2. The predicted molar refractivity (Wildman–Crippen MR) is 130 cm³/mol. The highest BCUT2D eigenvalue weighted by atomic mass is 16.3. The van der Waals surface area contributed by atoms with Crippen LogP contribution in [0.25, 0.3) is 21.7 Å². The van der Waals surface area contributed by atoms with Gasteiger partial charge >= 0.3 is 0 Å². The van der Waals surface area contributed by atoms with E-state index in [0.29, 0.717) is 6.54 Å². The van der Waals surface area contributed by atoms with Crippen molar-refractivity contribution in [3.63, 3.8) is 0 Å². The molecule has 0 radical (unpaired) electrons. The van der Waals surface area contributed by atoms with Crippen LogP contribution in [0.2, 0.25) is 0 Å². The van der Waals surface area contributed by atoms with Gasteiger partial charge in [0.15, 0.2) is 0 Å². The van der Waals surface area contributed by atoms with Crippen LogP contribution in [-0.4, -0.2) is 29.8 Å². The Kier molecular flexibility index (Phi) is 5.84. The molecule has 2 amide bonds. The minimum Gasteiger partial charge on any atom is -0.464 e. The number of primary amides is 1. The average Bonchev–Trinajstić information content (AvgIpc) is 3.23. The molecule has 1 aliphatic rings. The van der Waals surface area contributed by atoms with Crippen LogP contribution in [0, 0.1) is 5.92 Å². The van der Waals surface area contributed by atoms with Gasteiger partial charge in [-0.3, -0.25) is 14.5 Å². The lowest BCUT2D eigenvalue weighted by atomic mass is 9.97. The molecule has 0 saturated carbocycles. The molecular formula is C27H27N3O3. The Hall–Kier alpha value is -3.64. The molecule has 6 nitrogen and oxygen atoms in total. The van der Waals surface area contributed by atoms with Gasteiger partial charge in [-0.1, -0.05) is 42.5 Å². The number of nitrogens with two attached hydrogens (primary N) is 1. The van der Waals surface area contributed by atoms with E-state index >= 15 is 0 Å². The Morgan fingerprint density at radius 3 is 2.70 bits per heavy atom. The van der Waals surface area contributed by atoms with E-state index in [2.05, 4.69) is 22.3 Å². The van der Waals surface area contributed by atoms with E-state index in [0.717, 1.165) is 64.5 Å². The van der Waals surface area contributed by atoms with E-state index in [4.69, 9.17) is 10.2 Å². The van der Waals surface area contributed by atoms with Crippen LogP contribution >= 0.6 is 0 Å². The minimum atomic E-state index is -0.212. The standard InChI is InChI=1S/C27H27N3O3/c28-27(32)20-5-3-13-30(16-20)15-18-7-10-22(11-8-18)29-25(31)14-21-17-33-24-12-9-19-4-1-2-6-23(19)26(21)24/h1-2,4,6-12,17,20H,3,5,13-16H2,(H2,28,32)(H,29,31). The van der Waals surface area contributed by atoms with Gasteiger partial charge in [-0.15, -0.1) is 0 Å². The van der Waals surface area contributed by atoms with Crippen LogP contribution in [0.3, 0.4) is 0 Å². The van der Waals surface area contributed by atoms with Crippen LogP contribution in [0.4, 0.5) is 5.69 Å². The highest BCUT2D eigenvalue weighted by Crippen LogP contribution is 2.30. The first-order chi connectivity index (χ1) is 16.1. The van der Waals surface area contributed by atoms with E-state index in [1.54, 1.807) is 6.26 Å². The molecule has 0 spiro atoms. The SMILES string of the molecule is NC(=O)C1CCCN(Cc2ccc(NC(=O)Cc3coc4ccc5ccccc5c34)cc2)C1. The lowest BCUT2D eigenvalue weighted by molar-refractivity contribution is -0.123. The summed E-state index contributed by atoms with van der Waals surface area (Å²) in [5, 5.41) is 6.20. The molecule has 0 bridgehead atoms. The number of hydrogen-bond donors (Lipinski definition) is 2. The van der Waals surface area contributed by atoms with Crippen molar-refractivity contribution in [3.8, 4) is 0 Å². The molecular weight excluding hydrogens is 414 g/mol. The Morgan fingerprint density at radius 2 is 1.88 bits per heavy atom. The van der Waals surface area contributed by atoms with E-state index in [9.17, 15) is 9.59 Å². The van der Waals surface area contributed by atoms with Crippen LogP contribution in [0.15, 0.2) is 71.3 Å². The number of piperidine rings is 1.